The van der Waals surface area contributed by atoms with E-state index in [1.807, 2.05) is 60.7 Å². The number of thioether (sulfide) groups is 1. The molecule has 1 heterocycles. The van der Waals surface area contributed by atoms with Crippen molar-refractivity contribution in [1.29, 1.82) is 0 Å². The maximum absolute atomic E-state index is 13.1. The Kier molecular flexibility index (Phi) is 6.32. The Morgan fingerprint density at radius 1 is 0.938 bits per heavy atom. The molecule has 0 aliphatic carbocycles. The molecule has 4 rings (SSSR count). The van der Waals surface area contributed by atoms with Crippen LogP contribution in [0, 0.1) is 0 Å². The largest absolute Gasteiger partial charge is 0.478 e. The average molecular weight is 446 g/mol. The van der Waals surface area contributed by atoms with Crippen LogP contribution in [0.15, 0.2) is 89.9 Å². The molecule has 3 aromatic rings. The summed E-state index contributed by atoms with van der Waals surface area (Å²) in [6, 6.07) is 24.3. The molecule has 7 nitrogen and oxygen atoms in total. The van der Waals surface area contributed by atoms with Gasteiger partial charge in [0.25, 0.3) is 0 Å². The summed E-state index contributed by atoms with van der Waals surface area (Å²) < 4.78 is 0. The van der Waals surface area contributed by atoms with Gasteiger partial charge in [-0.1, -0.05) is 48.2 Å². The van der Waals surface area contributed by atoms with Crippen molar-refractivity contribution in [1.82, 2.24) is 0 Å². The van der Waals surface area contributed by atoms with Crippen molar-refractivity contribution in [3.05, 3.63) is 90.5 Å². The number of carbonyl (C=O) groups excluding carboxylic acids is 2. The standard InChI is InChI=1S/C24H19N3O4S/c28-21-15-20(22(29)25-18-13-11-16(12-14-18)23(30)31)32-24(26-17-7-3-1-4-8-17)27(21)19-9-5-2-6-10-19/h1-14,20H,15H2,(H,25,29)(H,30,31)/t20-/m1/s1. The predicted octanol–water partition coefficient (Wildman–Crippen LogP) is 4.55. The smallest absolute Gasteiger partial charge is 0.335 e. The molecule has 3 aromatic carbocycles. The zero-order valence-electron chi connectivity index (χ0n) is 16.8. The van der Waals surface area contributed by atoms with E-state index < -0.39 is 11.2 Å². The highest BCUT2D eigenvalue weighted by Gasteiger charge is 2.36. The number of carbonyl (C=O) groups is 3. The summed E-state index contributed by atoms with van der Waals surface area (Å²) in [4.78, 5) is 43.1. The molecule has 0 spiro atoms. The van der Waals surface area contributed by atoms with Crippen LogP contribution in [0.1, 0.15) is 16.8 Å². The fourth-order valence-electron chi connectivity index (χ4n) is 3.16. The number of para-hydroxylation sites is 2. The Bertz CT molecular complexity index is 1160. The third kappa shape index (κ3) is 4.87. The van der Waals surface area contributed by atoms with E-state index in [4.69, 9.17) is 5.11 Å². The summed E-state index contributed by atoms with van der Waals surface area (Å²) in [7, 11) is 0. The molecular formula is C24H19N3O4S. The minimum Gasteiger partial charge on any atom is -0.478 e. The topological polar surface area (TPSA) is 99.1 Å². The number of nitrogens with one attached hydrogen (secondary N) is 1. The Morgan fingerprint density at radius 3 is 2.19 bits per heavy atom. The number of benzene rings is 3. The average Bonchev–Trinajstić information content (AvgIpc) is 2.80. The second-order valence-corrected chi connectivity index (χ2v) is 8.15. The van der Waals surface area contributed by atoms with Crippen LogP contribution in [0.5, 0.6) is 0 Å². The summed E-state index contributed by atoms with van der Waals surface area (Å²) >= 11 is 1.22. The summed E-state index contributed by atoms with van der Waals surface area (Å²) in [5.41, 5.74) is 1.94. The van der Waals surface area contributed by atoms with Gasteiger partial charge in [0.2, 0.25) is 11.8 Å². The molecule has 1 atom stereocenters. The van der Waals surface area contributed by atoms with Crippen LogP contribution in [0.4, 0.5) is 17.1 Å². The van der Waals surface area contributed by atoms with Crippen LogP contribution in [0.25, 0.3) is 0 Å². The molecule has 1 saturated heterocycles. The highest BCUT2D eigenvalue weighted by molar-refractivity contribution is 8.15. The number of hydrogen-bond donors (Lipinski definition) is 2. The molecule has 0 saturated carbocycles. The van der Waals surface area contributed by atoms with E-state index in [1.165, 1.54) is 40.9 Å². The fraction of sp³-hybridized carbons (Fsp3) is 0.0833. The second-order valence-electron chi connectivity index (χ2n) is 6.98. The van der Waals surface area contributed by atoms with Gasteiger partial charge < -0.3 is 10.4 Å². The van der Waals surface area contributed by atoms with Crippen molar-refractivity contribution >= 4 is 51.8 Å². The van der Waals surface area contributed by atoms with Gasteiger partial charge in [-0.15, -0.1) is 0 Å². The van der Waals surface area contributed by atoms with Gasteiger partial charge in [0.1, 0.15) is 5.25 Å². The molecule has 2 amide bonds. The molecule has 32 heavy (non-hydrogen) atoms. The number of amides is 2. The quantitative estimate of drug-likeness (QED) is 0.600. The van der Waals surface area contributed by atoms with Gasteiger partial charge in [-0.3, -0.25) is 14.5 Å². The van der Waals surface area contributed by atoms with Crippen LogP contribution < -0.4 is 10.2 Å². The Labute approximate surface area is 188 Å². The normalized spacial score (nSPS) is 17.2. The first-order valence-corrected chi connectivity index (χ1v) is 10.7. The Morgan fingerprint density at radius 2 is 1.56 bits per heavy atom. The molecule has 1 fully saturated rings. The Hall–Kier alpha value is -3.91. The molecule has 1 aliphatic rings. The van der Waals surface area contributed by atoms with E-state index in [1.54, 1.807) is 0 Å². The van der Waals surface area contributed by atoms with Gasteiger partial charge in [-0.25, -0.2) is 9.79 Å². The van der Waals surface area contributed by atoms with E-state index in [9.17, 15) is 14.4 Å². The van der Waals surface area contributed by atoms with E-state index in [2.05, 4.69) is 10.3 Å². The summed E-state index contributed by atoms with van der Waals surface area (Å²) in [5, 5.41) is 11.5. The van der Waals surface area contributed by atoms with Crippen LogP contribution in [-0.2, 0) is 9.59 Å². The van der Waals surface area contributed by atoms with Crippen LogP contribution in [0.3, 0.4) is 0 Å². The minimum atomic E-state index is -1.04. The first kappa shape index (κ1) is 21.3. The lowest BCUT2D eigenvalue weighted by Gasteiger charge is -2.31. The SMILES string of the molecule is O=C(O)c1ccc(NC(=O)[C@H]2CC(=O)N(c3ccccc3)C(=Nc3ccccc3)S2)cc1. The fourth-order valence-corrected chi connectivity index (χ4v) is 4.28. The van der Waals surface area contributed by atoms with Crippen LogP contribution in [-0.4, -0.2) is 33.3 Å². The number of nitrogens with zero attached hydrogens (tertiary/aromatic N) is 2. The van der Waals surface area contributed by atoms with Crippen molar-refractivity contribution in [2.24, 2.45) is 4.99 Å². The molecular weight excluding hydrogens is 426 g/mol. The first-order valence-electron chi connectivity index (χ1n) is 9.84. The first-order chi connectivity index (χ1) is 15.5. The Balaban J connectivity index is 1.59. The molecule has 0 bridgehead atoms. The van der Waals surface area contributed by atoms with Gasteiger partial charge in [0, 0.05) is 12.1 Å². The number of anilines is 2. The number of carboxylic acid groups (broad SMARTS) is 1. The number of aliphatic imine (C=N–C) groups is 1. The van der Waals surface area contributed by atoms with Gasteiger partial charge in [-0.2, -0.15) is 0 Å². The summed E-state index contributed by atoms with van der Waals surface area (Å²) in [5.74, 6) is -1.62. The molecule has 0 aromatic heterocycles. The van der Waals surface area contributed by atoms with Gasteiger partial charge >= 0.3 is 5.97 Å². The molecule has 8 heteroatoms. The van der Waals surface area contributed by atoms with Crippen LogP contribution >= 0.6 is 11.8 Å². The van der Waals surface area contributed by atoms with E-state index in [-0.39, 0.29) is 23.8 Å². The number of carboxylic acids is 1. The monoisotopic (exact) mass is 445 g/mol. The van der Waals surface area contributed by atoms with E-state index >= 15 is 0 Å². The number of rotatable bonds is 5. The highest BCUT2D eigenvalue weighted by atomic mass is 32.2. The zero-order chi connectivity index (χ0) is 22.5. The van der Waals surface area contributed by atoms with Crippen molar-refractivity contribution in [3.63, 3.8) is 0 Å². The minimum absolute atomic E-state index is 0.00636. The summed E-state index contributed by atoms with van der Waals surface area (Å²) in [6.07, 6.45) is 0.00636. The molecule has 1 aliphatic heterocycles. The number of aromatic carboxylic acids is 1. The number of amidine groups is 1. The van der Waals surface area contributed by atoms with Crippen molar-refractivity contribution in [2.45, 2.75) is 11.7 Å². The zero-order valence-corrected chi connectivity index (χ0v) is 17.7. The third-order valence-electron chi connectivity index (χ3n) is 4.74. The van der Waals surface area contributed by atoms with Gasteiger partial charge in [0.15, 0.2) is 5.17 Å². The maximum atomic E-state index is 13.1. The van der Waals surface area contributed by atoms with Crippen molar-refractivity contribution < 1.29 is 19.5 Å². The van der Waals surface area contributed by atoms with E-state index in [0.29, 0.717) is 22.2 Å². The molecule has 2 N–H and O–H groups in total. The van der Waals surface area contributed by atoms with Crippen molar-refractivity contribution in [2.75, 3.05) is 10.2 Å². The molecule has 0 unspecified atom stereocenters. The lowest BCUT2D eigenvalue weighted by atomic mass is 10.2. The van der Waals surface area contributed by atoms with Crippen molar-refractivity contribution in [3.8, 4) is 0 Å². The molecule has 0 radical (unpaired) electrons. The van der Waals surface area contributed by atoms with E-state index in [0.717, 1.165) is 0 Å². The predicted molar refractivity (Wildman–Crippen MR) is 125 cm³/mol. The van der Waals surface area contributed by atoms with Crippen LogP contribution in [0.2, 0.25) is 0 Å². The summed E-state index contributed by atoms with van der Waals surface area (Å²) in [6.45, 7) is 0. The maximum Gasteiger partial charge on any atom is 0.335 e. The van der Waals surface area contributed by atoms with Gasteiger partial charge in [-0.05, 0) is 48.5 Å². The number of hydrogen-bond acceptors (Lipinski definition) is 5. The lowest BCUT2D eigenvalue weighted by molar-refractivity contribution is -0.121. The third-order valence-corrected chi connectivity index (χ3v) is 5.89. The van der Waals surface area contributed by atoms with Gasteiger partial charge in [0.05, 0.1) is 16.9 Å². The second kappa shape index (κ2) is 9.49. The lowest BCUT2D eigenvalue weighted by Crippen LogP contribution is -2.45. The molecule has 160 valence electrons. The highest BCUT2D eigenvalue weighted by Crippen LogP contribution is 2.33.